The number of oxazole rings is 1. The van der Waals surface area contributed by atoms with Crippen molar-refractivity contribution in [2.75, 3.05) is 19.6 Å². The molecule has 6 rings (SSSR count). The third-order valence-electron chi connectivity index (χ3n) is 6.50. The summed E-state index contributed by atoms with van der Waals surface area (Å²) in [5, 5.41) is 9.95. The Morgan fingerprint density at radius 2 is 2.08 bits per heavy atom. The van der Waals surface area contributed by atoms with Gasteiger partial charge in [0.15, 0.2) is 12.1 Å². The number of hydrogen-bond acceptors (Lipinski definition) is 5. The second-order valence-electron chi connectivity index (χ2n) is 7.77. The Kier molecular flexibility index (Phi) is 3.57. The Morgan fingerprint density at radius 1 is 1.27 bits per heavy atom. The van der Waals surface area contributed by atoms with Crippen molar-refractivity contribution in [2.45, 2.75) is 37.8 Å². The number of likely N-dealkylation sites (tertiary alicyclic amines) is 1. The van der Waals surface area contributed by atoms with E-state index in [4.69, 9.17) is 4.42 Å². The third-order valence-corrected chi connectivity index (χ3v) is 6.50. The van der Waals surface area contributed by atoms with Gasteiger partial charge in [-0.25, -0.2) is 4.98 Å². The minimum Gasteiger partial charge on any atom is -0.508 e. The van der Waals surface area contributed by atoms with Crippen LogP contribution in [0.25, 0.3) is 0 Å². The zero-order valence-electron chi connectivity index (χ0n) is 14.8. The van der Waals surface area contributed by atoms with Gasteiger partial charge in [-0.15, -0.1) is 0 Å². The number of aromatic nitrogens is 1. The Bertz CT molecular complexity index is 840. The van der Waals surface area contributed by atoms with Gasteiger partial charge in [-0.1, -0.05) is 12.1 Å². The summed E-state index contributed by atoms with van der Waals surface area (Å²) < 4.78 is 5.27. The number of carbonyl (C=O) groups is 1. The van der Waals surface area contributed by atoms with Crippen molar-refractivity contribution in [1.29, 1.82) is 0 Å². The fourth-order valence-electron chi connectivity index (χ4n) is 5.35. The number of hydrogen-bond donors (Lipinski definition) is 1. The summed E-state index contributed by atoms with van der Waals surface area (Å²) in [6.07, 6.45) is 3.64. The van der Waals surface area contributed by atoms with Crippen molar-refractivity contribution in [2.24, 2.45) is 5.92 Å². The lowest BCUT2D eigenvalue weighted by Crippen LogP contribution is -2.60. The van der Waals surface area contributed by atoms with E-state index in [1.165, 1.54) is 6.39 Å². The van der Waals surface area contributed by atoms with Gasteiger partial charge in [-0.05, 0) is 56.5 Å². The topological polar surface area (TPSA) is 69.8 Å². The second-order valence-corrected chi connectivity index (χ2v) is 7.77. The van der Waals surface area contributed by atoms with Crippen LogP contribution in [0.2, 0.25) is 0 Å². The summed E-state index contributed by atoms with van der Waals surface area (Å²) in [6.45, 7) is 4.66. The molecule has 136 valence electrons. The maximum Gasteiger partial charge on any atom is 0.276 e. The fourth-order valence-corrected chi connectivity index (χ4v) is 5.35. The van der Waals surface area contributed by atoms with E-state index in [0.29, 0.717) is 30.0 Å². The first-order valence-electron chi connectivity index (χ1n) is 9.37. The van der Waals surface area contributed by atoms with Crippen LogP contribution in [0.3, 0.4) is 0 Å². The highest BCUT2D eigenvalue weighted by Gasteiger charge is 2.55. The van der Waals surface area contributed by atoms with Crippen molar-refractivity contribution < 1.29 is 14.3 Å². The molecule has 6 nitrogen and oxygen atoms in total. The first kappa shape index (κ1) is 15.9. The SMILES string of the molecule is Cc1ocnc1C(=O)N1C[C@@H](c2cccc(O)c2)[C@@H]2[C@H]1C1CCN2CC1. The normalized spacial score (nSPS) is 32.7. The number of amides is 1. The van der Waals surface area contributed by atoms with Gasteiger partial charge in [0.2, 0.25) is 0 Å². The molecule has 2 bridgehead atoms. The first-order chi connectivity index (χ1) is 12.6. The molecule has 0 radical (unpaired) electrons. The number of aryl methyl sites for hydroxylation is 1. The van der Waals surface area contributed by atoms with Gasteiger partial charge in [0.25, 0.3) is 5.91 Å². The molecule has 4 saturated heterocycles. The van der Waals surface area contributed by atoms with Gasteiger partial charge in [0.1, 0.15) is 11.5 Å². The molecule has 5 heterocycles. The minimum atomic E-state index is -0.0253. The lowest BCUT2D eigenvalue weighted by Gasteiger charge is -2.51. The number of rotatable bonds is 2. The predicted octanol–water partition coefficient (Wildman–Crippen LogP) is 2.39. The van der Waals surface area contributed by atoms with Crippen LogP contribution in [0.1, 0.15) is 40.6 Å². The molecule has 3 atom stereocenters. The monoisotopic (exact) mass is 353 g/mol. The van der Waals surface area contributed by atoms with E-state index >= 15 is 0 Å². The van der Waals surface area contributed by atoms with Gasteiger partial charge in [0, 0.05) is 18.5 Å². The van der Waals surface area contributed by atoms with Crippen LogP contribution in [0.15, 0.2) is 35.1 Å². The molecular formula is C20H23N3O3. The number of benzene rings is 1. The molecular weight excluding hydrogens is 330 g/mol. The van der Waals surface area contributed by atoms with Gasteiger partial charge in [0.05, 0.1) is 6.04 Å². The van der Waals surface area contributed by atoms with E-state index in [1.807, 2.05) is 17.0 Å². The Morgan fingerprint density at radius 3 is 2.77 bits per heavy atom. The number of phenols is 1. The summed E-state index contributed by atoms with van der Waals surface area (Å²) in [6, 6.07) is 8.04. The third kappa shape index (κ3) is 2.28. The molecule has 4 aliphatic heterocycles. The van der Waals surface area contributed by atoms with Crippen LogP contribution in [0.5, 0.6) is 5.75 Å². The molecule has 0 saturated carbocycles. The number of piperidine rings is 3. The quantitative estimate of drug-likeness (QED) is 0.898. The van der Waals surface area contributed by atoms with Crippen LogP contribution in [-0.2, 0) is 0 Å². The minimum absolute atomic E-state index is 0.0253. The average molecular weight is 353 g/mol. The van der Waals surface area contributed by atoms with Gasteiger partial charge in [-0.2, -0.15) is 0 Å². The molecule has 4 fully saturated rings. The summed E-state index contributed by atoms with van der Waals surface area (Å²) in [7, 11) is 0. The zero-order valence-corrected chi connectivity index (χ0v) is 14.8. The van der Waals surface area contributed by atoms with E-state index in [-0.39, 0.29) is 23.6 Å². The number of aromatic hydroxyl groups is 1. The maximum atomic E-state index is 13.2. The molecule has 1 N–H and O–H groups in total. The highest BCUT2D eigenvalue weighted by Crippen LogP contribution is 2.47. The summed E-state index contributed by atoms with van der Waals surface area (Å²) in [4.78, 5) is 22.0. The van der Waals surface area contributed by atoms with Gasteiger partial charge in [-0.3, -0.25) is 9.69 Å². The highest BCUT2D eigenvalue weighted by atomic mass is 16.3. The Hall–Kier alpha value is -2.34. The molecule has 0 unspecified atom stereocenters. The average Bonchev–Trinajstić information content (AvgIpc) is 3.27. The van der Waals surface area contributed by atoms with E-state index < -0.39 is 0 Å². The summed E-state index contributed by atoms with van der Waals surface area (Å²) in [5.41, 5.74) is 1.54. The first-order valence-corrected chi connectivity index (χ1v) is 9.37. The van der Waals surface area contributed by atoms with Crippen LogP contribution in [0, 0.1) is 12.8 Å². The van der Waals surface area contributed by atoms with Crippen LogP contribution in [-0.4, -0.2) is 57.5 Å². The predicted molar refractivity (Wildman–Crippen MR) is 95.0 cm³/mol. The summed E-state index contributed by atoms with van der Waals surface area (Å²) in [5.74, 6) is 1.60. The van der Waals surface area contributed by atoms with E-state index in [1.54, 1.807) is 13.0 Å². The number of nitrogens with zero attached hydrogens (tertiary/aromatic N) is 3. The van der Waals surface area contributed by atoms with Crippen LogP contribution >= 0.6 is 0 Å². The lowest BCUT2D eigenvalue weighted by atomic mass is 9.75. The molecule has 6 heteroatoms. The number of carbonyl (C=O) groups excluding carboxylic acids is 1. The number of fused-ring (bicyclic) bond motifs is 2. The standard InChI is InChI=1S/C20H23N3O3/c1-12-17(21-11-26-12)20(25)23-10-16(14-3-2-4-15(24)9-14)19-18(23)13-5-7-22(19)8-6-13/h2-4,9,11,13,16,18-19,24H,5-8,10H2,1H3/t16-,18+,19+/m0/s1. The molecule has 26 heavy (non-hydrogen) atoms. The van der Waals surface area contributed by atoms with Crippen molar-refractivity contribution >= 4 is 5.91 Å². The fraction of sp³-hybridized carbons (Fsp3) is 0.500. The molecule has 0 aliphatic carbocycles. The van der Waals surface area contributed by atoms with Crippen LogP contribution < -0.4 is 0 Å². The largest absolute Gasteiger partial charge is 0.508 e. The van der Waals surface area contributed by atoms with E-state index in [9.17, 15) is 9.90 Å². The van der Waals surface area contributed by atoms with E-state index in [0.717, 1.165) is 31.5 Å². The smallest absolute Gasteiger partial charge is 0.276 e. The van der Waals surface area contributed by atoms with Gasteiger partial charge < -0.3 is 14.4 Å². The van der Waals surface area contributed by atoms with Crippen LogP contribution in [0.4, 0.5) is 0 Å². The van der Waals surface area contributed by atoms with Crippen molar-refractivity contribution in [3.63, 3.8) is 0 Å². The van der Waals surface area contributed by atoms with Crippen molar-refractivity contribution in [3.05, 3.63) is 47.7 Å². The zero-order chi connectivity index (χ0) is 17.8. The van der Waals surface area contributed by atoms with Gasteiger partial charge >= 0.3 is 0 Å². The van der Waals surface area contributed by atoms with Crippen molar-refractivity contribution in [3.8, 4) is 5.75 Å². The maximum absolute atomic E-state index is 13.2. The Balaban J connectivity index is 1.55. The highest BCUT2D eigenvalue weighted by molar-refractivity contribution is 5.93. The number of phenolic OH excluding ortho intramolecular Hbond substituents is 1. The molecule has 4 aliphatic rings. The molecule has 2 aromatic rings. The molecule has 1 amide bonds. The lowest BCUT2D eigenvalue weighted by molar-refractivity contribution is -0.00362. The van der Waals surface area contributed by atoms with Crippen molar-refractivity contribution in [1.82, 2.24) is 14.8 Å². The van der Waals surface area contributed by atoms with E-state index in [2.05, 4.69) is 16.0 Å². The summed E-state index contributed by atoms with van der Waals surface area (Å²) >= 11 is 0. The molecule has 1 aromatic heterocycles. The second kappa shape index (κ2) is 5.84. The molecule has 1 aromatic carbocycles. The molecule has 0 spiro atoms. The Labute approximate surface area is 152 Å².